The van der Waals surface area contributed by atoms with Crippen molar-refractivity contribution in [2.24, 2.45) is 4.99 Å². The summed E-state index contributed by atoms with van der Waals surface area (Å²) in [6.07, 6.45) is 3.51. The number of aliphatic imine (C=N–C) groups is 1. The highest BCUT2D eigenvalue weighted by Crippen LogP contribution is 2.37. The van der Waals surface area contributed by atoms with E-state index in [1.165, 1.54) is 17.7 Å². The smallest absolute Gasteiger partial charge is 0.337 e. The van der Waals surface area contributed by atoms with Crippen molar-refractivity contribution in [3.63, 3.8) is 0 Å². The van der Waals surface area contributed by atoms with Crippen LogP contribution in [-0.2, 0) is 19.6 Å². The molecule has 3 aromatic rings. The van der Waals surface area contributed by atoms with E-state index < -0.39 is 21.9 Å². The molecule has 10 heteroatoms. The monoisotopic (exact) mass is 560 g/mol. The molecule has 1 fully saturated rings. The fraction of sp³-hybridized carbons (Fsp3) is 0.300. The van der Waals surface area contributed by atoms with E-state index in [4.69, 9.17) is 9.73 Å². The maximum absolute atomic E-state index is 13.2. The molecule has 2 heterocycles. The topological polar surface area (TPSA) is 108 Å². The van der Waals surface area contributed by atoms with E-state index in [0.29, 0.717) is 47.0 Å². The van der Waals surface area contributed by atoms with Crippen LogP contribution in [0.1, 0.15) is 40.2 Å². The second-order valence-corrected chi connectivity index (χ2v) is 11.9. The quantitative estimate of drug-likeness (QED) is 0.311. The Labute approximate surface area is 234 Å². The van der Waals surface area contributed by atoms with Crippen LogP contribution in [0.25, 0.3) is 0 Å². The number of sulfonamides is 1. The molecule has 1 N–H and O–H groups in total. The highest BCUT2D eigenvalue weighted by Gasteiger charge is 2.36. The minimum absolute atomic E-state index is 0.249. The number of carbonyl (C=O) groups excluding carboxylic acids is 2. The van der Waals surface area contributed by atoms with Gasteiger partial charge in [-0.1, -0.05) is 36.4 Å². The van der Waals surface area contributed by atoms with Crippen LogP contribution in [0.15, 0.2) is 77.8 Å². The van der Waals surface area contributed by atoms with Gasteiger partial charge in [-0.3, -0.25) is 14.1 Å². The number of rotatable bonds is 9. The van der Waals surface area contributed by atoms with Gasteiger partial charge in [-0.15, -0.1) is 0 Å². The summed E-state index contributed by atoms with van der Waals surface area (Å²) in [4.78, 5) is 32.4. The third-order valence-electron chi connectivity index (χ3n) is 7.25. The van der Waals surface area contributed by atoms with E-state index in [2.05, 4.69) is 10.2 Å². The molecule has 0 aliphatic carbocycles. The maximum atomic E-state index is 13.2. The first-order valence-corrected chi connectivity index (χ1v) is 15.1. The van der Waals surface area contributed by atoms with Crippen LogP contribution >= 0.6 is 0 Å². The van der Waals surface area contributed by atoms with Gasteiger partial charge in [0, 0.05) is 18.8 Å². The summed E-state index contributed by atoms with van der Waals surface area (Å²) in [6, 6.07) is 21.5. The normalized spacial score (nSPS) is 17.4. The van der Waals surface area contributed by atoms with Gasteiger partial charge in [0.2, 0.25) is 15.9 Å². The van der Waals surface area contributed by atoms with Crippen molar-refractivity contribution in [1.82, 2.24) is 4.90 Å². The van der Waals surface area contributed by atoms with Gasteiger partial charge < -0.3 is 15.0 Å². The molecule has 0 bridgehead atoms. The van der Waals surface area contributed by atoms with Gasteiger partial charge in [0.25, 0.3) is 0 Å². The third-order valence-corrected chi connectivity index (χ3v) is 8.45. The number of anilines is 2. The number of esters is 1. The number of nitrogens with zero attached hydrogens (tertiary/aromatic N) is 3. The number of likely N-dealkylation sites (tertiary alicyclic amines) is 1. The molecule has 1 unspecified atom stereocenters. The number of fused-ring (bicyclic) bond motifs is 1. The number of amides is 1. The van der Waals surface area contributed by atoms with Crippen LogP contribution in [0.5, 0.6) is 0 Å². The molecule has 0 saturated carbocycles. The Morgan fingerprint density at radius 1 is 1.02 bits per heavy atom. The molecule has 5 rings (SSSR count). The number of nitrogens with one attached hydrogen (secondary N) is 1. The predicted molar refractivity (Wildman–Crippen MR) is 156 cm³/mol. The molecule has 9 nitrogen and oxygen atoms in total. The van der Waals surface area contributed by atoms with Crippen LogP contribution in [-0.4, -0.2) is 70.5 Å². The summed E-state index contributed by atoms with van der Waals surface area (Å²) in [5, 5.41) is 2.88. The van der Waals surface area contributed by atoms with Crippen LogP contribution in [0.4, 0.5) is 17.1 Å². The molecule has 1 amide bonds. The van der Waals surface area contributed by atoms with Crippen LogP contribution in [0.2, 0.25) is 0 Å². The molecule has 2 aliphatic rings. The van der Waals surface area contributed by atoms with Crippen molar-refractivity contribution in [2.45, 2.75) is 18.8 Å². The molecular formula is C30H32N4O5S. The lowest BCUT2D eigenvalue weighted by molar-refractivity contribution is -0.115. The number of hydrogen-bond donors (Lipinski definition) is 1. The van der Waals surface area contributed by atoms with E-state index in [-0.39, 0.29) is 5.91 Å². The van der Waals surface area contributed by atoms with Gasteiger partial charge in [0.05, 0.1) is 36.0 Å². The largest absolute Gasteiger partial charge is 0.465 e. The summed E-state index contributed by atoms with van der Waals surface area (Å²) in [5.74, 6) is -1.43. The minimum Gasteiger partial charge on any atom is -0.465 e. The number of benzene rings is 3. The average Bonchev–Trinajstić information content (AvgIpc) is 3.58. The van der Waals surface area contributed by atoms with Gasteiger partial charge >= 0.3 is 5.97 Å². The number of hydrogen-bond acceptors (Lipinski definition) is 7. The standard InChI is InChI=1S/C30H32N4O5S/c1-39-30(36)22-10-15-25-26(20-22)32-29(35)27(25)28(21-8-4-3-5-9-21)31-23-11-13-24(14-12-23)34(40(2,37)38)19-18-33-16-6-7-17-33/h3-5,8-15,20,27H,6-7,16-19H2,1-2H3,(H,32,35). The Kier molecular flexibility index (Phi) is 7.99. The van der Waals surface area contributed by atoms with Gasteiger partial charge in [0.1, 0.15) is 5.92 Å². The van der Waals surface area contributed by atoms with Gasteiger partial charge in [-0.25, -0.2) is 13.2 Å². The fourth-order valence-corrected chi connectivity index (χ4v) is 6.16. The second kappa shape index (κ2) is 11.6. The lowest BCUT2D eigenvalue weighted by Crippen LogP contribution is -2.37. The minimum atomic E-state index is -3.47. The number of carbonyl (C=O) groups is 2. The lowest BCUT2D eigenvalue weighted by atomic mass is 9.90. The molecule has 40 heavy (non-hydrogen) atoms. The second-order valence-electron chi connectivity index (χ2n) is 9.98. The van der Waals surface area contributed by atoms with Crippen molar-refractivity contribution in [1.29, 1.82) is 0 Å². The predicted octanol–water partition coefficient (Wildman–Crippen LogP) is 4.19. The maximum Gasteiger partial charge on any atom is 0.337 e. The zero-order valence-electron chi connectivity index (χ0n) is 22.5. The van der Waals surface area contributed by atoms with E-state index in [1.54, 1.807) is 42.5 Å². The Bertz CT molecular complexity index is 1530. The Balaban J connectivity index is 1.48. The number of methoxy groups -OCH3 is 1. The van der Waals surface area contributed by atoms with E-state index in [1.807, 2.05) is 30.3 Å². The van der Waals surface area contributed by atoms with Crippen molar-refractivity contribution in [3.8, 4) is 0 Å². The van der Waals surface area contributed by atoms with Crippen molar-refractivity contribution < 1.29 is 22.7 Å². The van der Waals surface area contributed by atoms with Crippen molar-refractivity contribution in [3.05, 3.63) is 89.5 Å². The molecule has 0 aromatic heterocycles. The Morgan fingerprint density at radius 3 is 2.38 bits per heavy atom. The van der Waals surface area contributed by atoms with Crippen LogP contribution in [0.3, 0.4) is 0 Å². The molecule has 0 spiro atoms. The fourth-order valence-electron chi connectivity index (χ4n) is 5.24. The van der Waals surface area contributed by atoms with E-state index in [9.17, 15) is 18.0 Å². The van der Waals surface area contributed by atoms with E-state index >= 15 is 0 Å². The third kappa shape index (κ3) is 5.93. The van der Waals surface area contributed by atoms with Gasteiger partial charge in [-0.2, -0.15) is 0 Å². The summed E-state index contributed by atoms with van der Waals surface area (Å²) < 4.78 is 31.4. The zero-order valence-corrected chi connectivity index (χ0v) is 23.4. The first-order valence-electron chi connectivity index (χ1n) is 13.2. The molecule has 1 saturated heterocycles. The first kappa shape index (κ1) is 27.5. The molecule has 208 valence electrons. The summed E-state index contributed by atoms with van der Waals surface area (Å²) in [5.41, 5.74) is 4.07. The lowest BCUT2D eigenvalue weighted by Gasteiger charge is -2.25. The molecule has 1 atom stereocenters. The van der Waals surface area contributed by atoms with E-state index in [0.717, 1.165) is 31.5 Å². The van der Waals surface area contributed by atoms with Crippen LogP contribution < -0.4 is 9.62 Å². The zero-order chi connectivity index (χ0) is 28.3. The SMILES string of the molecule is COC(=O)c1ccc2c(c1)NC(=O)C2C(=Nc1ccc(N(CCN2CCCC2)S(C)(=O)=O)cc1)c1ccccc1. The Hall–Kier alpha value is -4.02. The molecule has 0 radical (unpaired) electrons. The highest BCUT2D eigenvalue weighted by molar-refractivity contribution is 7.92. The summed E-state index contributed by atoms with van der Waals surface area (Å²) >= 11 is 0. The molecule has 2 aliphatic heterocycles. The van der Waals surface area contributed by atoms with Crippen molar-refractivity contribution in [2.75, 3.05) is 49.2 Å². The molecular weight excluding hydrogens is 528 g/mol. The van der Waals surface area contributed by atoms with Crippen molar-refractivity contribution >= 4 is 44.7 Å². The summed E-state index contributed by atoms with van der Waals surface area (Å²) in [6.45, 7) is 3.05. The van der Waals surface area contributed by atoms with Gasteiger partial charge in [0.15, 0.2) is 0 Å². The molecule has 3 aromatic carbocycles. The average molecular weight is 561 g/mol. The van der Waals surface area contributed by atoms with Crippen LogP contribution in [0, 0.1) is 0 Å². The van der Waals surface area contributed by atoms with Gasteiger partial charge in [-0.05, 0) is 73.5 Å². The highest BCUT2D eigenvalue weighted by atomic mass is 32.2. The number of ether oxygens (including phenoxy) is 1. The Morgan fingerprint density at radius 2 is 1.73 bits per heavy atom. The summed E-state index contributed by atoms with van der Waals surface area (Å²) in [7, 11) is -2.16. The first-order chi connectivity index (χ1) is 19.2.